The van der Waals surface area contributed by atoms with Crippen LogP contribution in [0.15, 0.2) is 24.3 Å². The minimum Gasteiger partial charge on any atom is -0.369 e. The second-order valence-electron chi connectivity index (χ2n) is 5.12. The van der Waals surface area contributed by atoms with Gasteiger partial charge in [0.05, 0.1) is 5.56 Å². The summed E-state index contributed by atoms with van der Waals surface area (Å²) in [6.07, 6.45) is -4.29. The molecule has 1 atom stereocenters. The molecule has 112 valence electrons. The number of rotatable bonds is 3. The number of hydrogen-bond donors (Lipinski definition) is 0. The van der Waals surface area contributed by atoms with Gasteiger partial charge in [0.2, 0.25) is 0 Å². The monoisotopic (exact) mass is 306 g/mol. The highest BCUT2D eigenvalue weighted by Gasteiger charge is 2.31. The van der Waals surface area contributed by atoms with E-state index in [9.17, 15) is 13.2 Å². The van der Waals surface area contributed by atoms with Gasteiger partial charge in [-0.1, -0.05) is 6.07 Å². The van der Waals surface area contributed by atoms with Gasteiger partial charge in [-0.15, -0.1) is 11.6 Å². The molecule has 1 aromatic rings. The number of anilines is 1. The lowest BCUT2D eigenvalue weighted by atomic mass is 10.1. The van der Waals surface area contributed by atoms with Gasteiger partial charge in [-0.25, -0.2) is 0 Å². The molecule has 6 heteroatoms. The van der Waals surface area contributed by atoms with E-state index in [1.54, 1.807) is 6.07 Å². The number of piperazine rings is 1. The number of hydrogen-bond acceptors (Lipinski definition) is 2. The van der Waals surface area contributed by atoms with E-state index >= 15 is 0 Å². The van der Waals surface area contributed by atoms with Crippen LogP contribution in [0.1, 0.15) is 12.5 Å². The molecule has 1 aliphatic rings. The van der Waals surface area contributed by atoms with Crippen molar-refractivity contribution < 1.29 is 13.2 Å². The van der Waals surface area contributed by atoms with Crippen LogP contribution in [0.2, 0.25) is 0 Å². The first kappa shape index (κ1) is 15.4. The molecule has 1 aromatic carbocycles. The fourth-order valence-corrected chi connectivity index (χ4v) is 2.62. The lowest BCUT2D eigenvalue weighted by Crippen LogP contribution is -2.47. The van der Waals surface area contributed by atoms with Gasteiger partial charge >= 0.3 is 6.18 Å². The summed E-state index contributed by atoms with van der Waals surface area (Å²) in [5.74, 6) is 0. The van der Waals surface area contributed by atoms with Crippen LogP contribution < -0.4 is 4.90 Å². The van der Waals surface area contributed by atoms with Gasteiger partial charge in [0.15, 0.2) is 0 Å². The van der Waals surface area contributed by atoms with E-state index in [0.29, 0.717) is 5.69 Å². The Hall–Kier alpha value is -0.940. The topological polar surface area (TPSA) is 6.48 Å². The molecule has 0 aliphatic carbocycles. The molecule has 0 amide bonds. The van der Waals surface area contributed by atoms with Crippen LogP contribution in [0.25, 0.3) is 0 Å². The van der Waals surface area contributed by atoms with E-state index in [0.717, 1.165) is 38.8 Å². The highest BCUT2D eigenvalue weighted by molar-refractivity contribution is 6.20. The SMILES string of the molecule is CC(Cl)CN1CCN(c2cccc(C(F)(F)F)c2)CC1. The predicted molar refractivity (Wildman–Crippen MR) is 75.4 cm³/mol. The number of halogens is 4. The Labute approximate surface area is 122 Å². The molecule has 2 nitrogen and oxygen atoms in total. The zero-order valence-corrected chi connectivity index (χ0v) is 12.1. The lowest BCUT2D eigenvalue weighted by molar-refractivity contribution is -0.137. The third-order valence-electron chi connectivity index (χ3n) is 3.42. The lowest BCUT2D eigenvalue weighted by Gasteiger charge is -2.36. The summed E-state index contributed by atoms with van der Waals surface area (Å²) in [7, 11) is 0. The van der Waals surface area contributed by atoms with E-state index in [2.05, 4.69) is 4.90 Å². The Bertz CT molecular complexity index is 440. The van der Waals surface area contributed by atoms with E-state index in [-0.39, 0.29) is 5.38 Å². The van der Waals surface area contributed by atoms with E-state index < -0.39 is 11.7 Å². The molecule has 1 heterocycles. The second kappa shape index (κ2) is 6.22. The van der Waals surface area contributed by atoms with Crippen molar-refractivity contribution in [3.05, 3.63) is 29.8 Å². The van der Waals surface area contributed by atoms with Crippen molar-refractivity contribution in [3.8, 4) is 0 Å². The zero-order chi connectivity index (χ0) is 14.8. The summed E-state index contributed by atoms with van der Waals surface area (Å²) >= 11 is 5.96. The van der Waals surface area contributed by atoms with Gasteiger partial charge in [-0.05, 0) is 25.1 Å². The van der Waals surface area contributed by atoms with Crippen LogP contribution in [0, 0.1) is 0 Å². The van der Waals surface area contributed by atoms with E-state index in [1.165, 1.54) is 12.1 Å². The maximum atomic E-state index is 12.7. The van der Waals surface area contributed by atoms with E-state index in [1.807, 2.05) is 11.8 Å². The van der Waals surface area contributed by atoms with Crippen LogP contribution in [-0.2, 0) is 6.18 Å². The van der Waals surface area contributed by atoms with Crippen LogP contribution in [0.4, 0.5) is 18.9 Å². The maximum Gasteiger partial charge on any atom is 0.416 e. The number of alkyl halides is 4. The van der Waals surface area contributed by atoms with Gasteiger partial charge in [0, 0.05) is 43.8 Å². The molecule has 2 rings (SSSR count). The quantitative estimate of drug-likeness (QED) is 0.789. The normalized spacial score (nSPS) is 19.1. The molecular formula is C14H18ClF3N2. The van der Waals surface area contributed by atoms with Gasteiger partial charge < -0.3 is 4.90 Å². The Balaban J connectivity index is 2.00. The zero-order valence-electron chi connectivity index (χ0n) is 11.3. The van der Waals surface area contributed by atoms with Crippen molar-refractivity contribution >= 4 is 17.3 Å². The summed E-state index contributed by atoms with van der Waals surface area (Å²) in [5.41, 5.74) is 0.0465. The minimum atomic E-state index is -4.29. The Morgan fingerprint density at radius 2 is 1.85 bits per heavy atom. The van der Waals surface area contributed by atoms with Crippen LogP contribution in [0.3, 0.4) is 0 Å². The molecule has 0 saturated carbocycles. The van der Waals surface area contributed by atoms with Gasteiger partial charge in [-0.2, -0.15) is 13.2 Å². The van der Waals surface area contributed by atoms with Gasteiger partial charge in [-0.3, -0.25) is 4.90 Å². The Kier molecular flexibility index (Phi) is 4.81. The van der Waals surface area contributed by atoms with Crippen LogP contribution in [-0.4, -0.2) is 43.0 Å². The summed E-state index contributed by atoms with van der Waals surface area (Å²) in [5, 5.41) is 0.0927. The fraction of sp³-hybridized carbons (Fsp3) is 0.571. The van der Waals surface area contributed by atoms with Crippen LogP contribution >= 0.6 is 11.6 Å². The van der Waals surface area contributed by atoms with Crippen molar-refractivity contribution in [3.63, 3.8) is 0 Å². The molecule has 20 heavy (non-hydrogen) atoms. The first-order valence-corrected chi connectivity index (χ1v) is 7.08. The highest BCUT2D eigenvalue weighted by Crippen LogP contribution is 2.31. The first-order valence-electron chi connectivity index (χ1n) is 6.65. The first-order chi connectivity index (χ1) is 9.36. The summed E-state index contributed by atoms with van der Waals surface area (Å²) in [4.78, 5) is 4.23. The molecular weight excluding hydrogens is 289 g/mol. The Morgan fingerprint density at radius 3 is 2.40 bits per heavy atom. The molecule has 0 aromatic heterocycles. The highest BCUT2D eigenvalue weighted by atomic mass is 35.5. The van der Waals surface area contributed by atoms with Gasteiger partial charge in [0.25, 0.3) is 0 Å². The van der Waals surface area contributed by atoms with Gasteiger partial charge in [0.1, 0.15) is 0 Å². The minimum absolute atomic E-state index is 0.0927. The largest absolute Gasteiger partial charge is 0.416 e. The summed E-state index contributed by atoms with van der Waals surface area (Å²) < 4.78 is 38.1. The molecule has 0 spiro atoms. The third kappa shape index (κ3) is 4.03. The molecule has 0 bridgehead atoms. The van der Waals surface area contributed by atoms with Crippen molar-refractivity contribution in [2.45, 2.75) is 18.5 Å². The van der Waals surface area contributed by atoms with Crippen molar-refractivity contribution in [1.82, 2.24) is 4.90 Å². The number of nitrogens with zero attached hydrogens (tertiary/aromatic N) is 2. The summed E-state index contributed by atoms with van der Waals surface area (Å²) in [6.45, 7) is 5.87. The van der Waals surface area contributed by atoms with Crippen molar-refractivity contribution in [1.29, 1.82) is 0 Å². The van der Waals surface area contributed by atoms with Crippen molar-refractivity contribution in [2.24, 2.45) is 0 Å². The Morgan fingerprint density at radius 1 is 1.20 bits per heavy atom. The molecule has 0 N–H and O–H groups in total. The average molecular weight is 307 g/mol. The molecule has 1 fully saturated rings. The smallest absolute Gasteiger partial charge is 0.369 e. The third-order valence-corrected chi connectivity index (χ3v) is 3.56. The second-order valence-corrected chi connectivity index (χ2v) is 5.86. The molecule has 1 unspecified atom stereocenters. The van der Waals surface area contributed by atoms with Crippen molar-refractivity contribution in [2.75, 3.05) is 37.6 Å². The number of benzene rings is 1. The fourth-order valence-electron chi connectivity index (χ4n) is 2.42. The molecule has 1 saturated heterocycles. The maximum absolute atomic E-state index is 12.7. The molecule has 0 radical (unpaired) electrons. The summed E-state index contributed by atoms with van der Waals surface area (Å²) in [6, 6.07) is 5.52. The standard InChI is InChI=1S/C14H18ClF3N2/c1-11(15)10-19-5-7-20(8-6-19)13-4-2-3-12(9-13)14(16,17)18/h2-4,9,11H,5-8,10H2,1H3. The van der Waals surface area contributed by atoms with E-state index in [4.69, 9.17) is 11.6 Å². The average Bonchev–Trinajstić information content (AvgIpc) is 2.38. The predicted octanol–water partition coefficient (Wildman–Crippen LogP) is 3.45. The van der Waals surface area contributed by atoms with Crippen LogP contribution in [0.5, 0.6) is 0 Å². The molecule has 1 aliphatic heterocycles.